The summed E-state index contributed by atoms with van der Waals surface area (Å²) < 4.78 is 6.01. The number of piperazine rings is 1. The zero-order valence-corrected chi connectivity index (χ0v) is 21.1. The minimum Gasteiger partial charge on any atom is -0.492 e. The van der Waals surface area contributed by atoms with Crippen LogP contribution >= 0.6 is 11.3 Å². The second-order valence-corrected chi connectivity index (χ2v) is 10.5. The number of carbonyl (C=O) groups excluding carboxylic acids is 1. The van der Waals surface area contributed by atoms with E-state index >= 15 is 0 Å². The highest BCUT2D eigenvalue weighted by Crippen LogP contribution is 2.38. The quantitative estimate of drug-likeness (QED) is 0.547. The van der Waals surface area contributed by atoms with E-state index in [0.717, 1.165) is 73.3 Å². The maximum atomic E-state index is 13.5. The van der Waals surface area contributed by atoms with Crippen molar-refractivity contribution in [1.29, 1.82) is 0 Å². The minimum absolute atomic E-state index is 0.0441. The zero-order chi connectivity index (χ0) is 24.3. The van der Waals surface area contributed by atoms with E-state index in [0.29, 0.717) is 13.0 Å². The predicted octanol–water partition coefficient (Wildman–Crippen LogP) is 2.69. The highest BCUT2D eigenvalue weighted by atomic mass is 32.1. The number of nitrogens with zero attached hydrogens (tertiary/aromatic N) is 4. The van der Waals surface area contributed by atoms with Gasteiger partial charge < -0.3 is 15.4 Å². The van der Waals surface area contributed by atoms with E-state index in [-0.39, 0.29) is 24.0 Å². The minimum atomic E-state index is 0.0441. The van der Waals surface area contributed by atoms with E-state index in [9.17, 15) is 4.79 Å². The Balaban J connectivity index is 1.10. The fourth-order valence-corrected chi connectivity index (χ4v) is 5.91. The summed E-state index contributed by atoms with van der Waals surface area (Å²) in [7, 11) is 0. The van der Waals surface area contributed by atoms with Crippen molar-refractivity contribution in [2.24, 2.45) is 10.9 Å². The Morgan fingerprint density at radius 3 is 3.00 bits per heavy atom. The molecule has 0 radical (unpaired) electrons. The standard InChI is InChI=1S/C27H32N6O2S/c34-25(16-19-3-1-4-21(15-19)35-14-13-32-11-9-28-10-12-32)33(20-6-7-20)27-31-24(18-36-27)23-17-30-26-22(23)5-2-8-29-26/h1-5,8,15,17-18,20,22,26,28,30H,6-7,9-14,16H2. The van der Waals surface area contributed by atoms with Gasteiger partial charge >= 0.3 is 0 Å². The molecule has 1 aliphatic carbocycles. The van der Waals surface area contributed by atoms with E-state index in [1.54, 1.807) is 11.3 Å². The maximum Gasteiger partial charge on any atom is 0.233 e. The van der Waals surface area contributed by atoms with Crippen LogP contribution in [0.5, 0.6) is 5.75 Å². The first kappa shape index (κ1) is 23.4. The topological polar surface area (TPSA) is 82.1 Å². The molecule has 36 heavy (non-hydrogen) atoms. The van der Waals surface area contributed by atoms with Crippen molar-refractivity contribution >= 4 is 34.2 Å². The van der Waals surface area contributed by atoms with Crippen LogP contribution in [0.1, 0.15) is 24.1 Å². The van der Waals surface area contributed by atoms with Crippen LogP contribution in [0, 0.1) is 5.92 Å². The molecule has 2 N–H and O–H groups in total. The Bertz CT molecular complexity index is 1180. The van der Waals surface area contributed by atoms with Crippen molar-refractivity contribution in [3.05, 3.63) is 59.3 Å². The molecule has 1 aromatic heterocycles. The summed E-state index contributed by atoms with van der Waals surface area (Å²) in [5, 5.41) is 9.55. The molecular weight excluding hydrogens is 472 g/mol. The average molecular weight is 505 g/mol. The number of aromatic nitrogens is 1. The number of hydrogen-bond donors (Lipinski definition) is 2. The van der Waals surface area contributed by atoms with Crippen LogP contribution in [-0.4, -0.2) is 73.5 Å². The van der Waals surface area contributed by atoms with Gasteiger partial charge in [-0.3, -0.25) is 19.6 Å². The van der Waals surface area contributed by atoms with Gasteiger partial charge in [0.25, 0.3) is 0 Å². The first-order chi connectivity index (χ1) is 17.7. The molecule has 2 fully saturated rings. The van der Waals surface area contributed by atoms with Crippen molar-refractivity contribution in [1.82, 2.24) is 20.5 Å². The molecule has 2 unspecified atom stereocenters. The maximum absolute atomic E-state index is 13.5. The van der Waals surface area contributed by atoms with Crippen LogP contribution in [0.4, 0.5) is 5.13 Å². The van der Waals surface area contributed by atoms with Gasteiger partial charge in [0.1, 0.15) is 18.5 Å². The lowest BCUT2D eigenvalue weighted by molar-refractivity contribution is -0.118. The third kappa shape index (κ3) is 5.23. The number of amides is 1. The van der Waals surface area contributed by atoms with Gasteiger partial charge in [-0.05, 0) is 36.6 Å². The summed E-state index contributed by atoms with van der Waals surface area (Å²) in [5.74, 6) is 1.10. The number of rotatable bonds is 9. The molecular formula is C27H32N6O2S. The molecule has 2 aromatic rings. The largest absolute Gasteiger partial charge is 0.492 e. The number of benzene rings is 1. The molecule has 1 saturated carbocycles. The predicted molar refractivity (Wildman–Crippen MR) is 144 cm³/mol. The molecule has 1 saturated heterocycles. The third-order valence-corrected chi connectivity index (χ3v) is 7.91. The lowest BCUT2D eigenvalue weighted by Crippen LogP contribution is -2.44. The summed E-state index contributed by atoms with van der Waals surface area (Å²) in [6.45, 7) is 5.77. The average Bonchev–Trinajstić information content (AvgIpc) is 3.45. The van der Waals surface area contributed by atoms with Gasteiger partial charge in [0.15, 0.2) is 5.13 Å². The van der Waals surface area contributed by atoms with Gasteiger partial charge in [-0.1, -0.05) is 18.2 Å². The van der Waals surface area contributed by atoms with E-state index < -0.39 is 0 Å². The van der Waals surface area contributed by atoms with Gasteiger partial charge in [-0.15, -0.1) is 11.3 Å². The lowest BCUT2D eigenvalue weighted by atomic mass is 9.96. The molecule has 8 nitrogen and oxygen atoms in total. The number of hydrogen-bond acceptors (Lipinski definition) is 8. The number of dihydropyridines is 1. The van der Waals surface area contributed by atoms with Crippen LogP contribution < -0.4 is 20.3 Å². The number of thiazole rings is 1. The normalized spacial score (nSPS) is 23.2. The Hall–Kier alpha value is -3.01. The summed E-state index contributed by atoms with van der Waals surface area (Å²) in [6.07, 6.45) is 10.4. The van der Waals surface area contributed by atoms with Gasteiger partial charge in [0.2, 0.25) is 5.91 Å². The van der Waals surface area contributed by atoms with Crippen LogP contribution in [0.2, 0.25) is 0 Å². The fourth-order valence-electron chi connectivity index (χ4n) is 4.99. The van der Waals surface area contributed by atoms with E-state index in [4.69, 9.17) is 9.72 Å². The van der Waals surface area contributed by atoms with Crippen molar-refractivity contribution in [3.63, 3.8) is 0 Å². The Morgan fingerprint density at radius 1 is 1.25 bits per heavy atom. The number of nitrogens with one attached hydrogen (secondary N) is 2. The zero-order valence-electron chi connectivity index (χ0n) is 20.3. The molecule has 6 rings (SSSR count). The van der Waals surface area contributed by atoms with Gasteiger partial charge in [0, 0.05) is 68.1 Å². The highest BCUT2D eigenvalue weighted by molar-refractivity contribution is 7.14. The van der Waals surface area contributed by atoms with Crippen LogP contribution in [0.25, 0.3) is 5.57 Å². The smallest absolute Gasteiger partial charge is 0.233 e. The highest BCUT2D eigenvalue weighted by Gasteiger charge is 2.36. The Labute approximate surface area is 215 Å². The number of aliphatic imine (C=N–C) groups is 1. The van der Waals surface area contributed by atoms with Crippen molar-refractivity contribution < 1.29 is 9.53 Å². The number of allylic oxidation sites excluding steroid dienone is 1. The van der Waals surface area contributed by atoms with Gasteiger partial charge in [-0.2, -0.15) is 0 Å². The van der Waals surface area contributed by atoms with E-state index in [1.165, 1.54) is 0 Å². The van der Waals surface area contributed by atoms with Crippen LogP contribution in [-0.2, 0) is 11.2 Å². The second kappa shape index (κ2) is 10.5. The molecule has 4 aliphatic rings. The first-order valence-electron chi connectivity index (χ1n) is 12.8. The number of carbonyl (C=O) groups is 1. The molecule has 2 atom stereocenters. The molecule has 0 bridgehead atoms. The third-order valence-electron chi connectivity index (χ3n) is 7.07. The number of anilines is 1. The van der Waals surface area contributed by atoms with E-state index in [2.05, 4.69) is 32.0 Å². The van der Waals surface area contributed by atoms with Gasteiger partial charge in [-0.25, -0.2) is 4.98 Å². The summed E-state index contributed by atoms with van der Waals surface area (Å²) in [6, 6.07) is 8.20. The summed E-state index contributed by atoms with van der Waals surface area (Å²) in [4.78, 5) is 27.2. The summed E-state index contributed by atoms with van der Waals surface area (Å²) >= 11 is 1.55. The monoisotopic (exact) mass is 504 g/mol. The van der Waals surface area contributed by atoms with Crippen molar-refractivity contribution in [2.45, 2.75) is 31.5 Å². The molecule has 1 amide bonds. The number of ether oxygens (including phenoxy) is 1. The lowest BCUT2D eigenvalue weighted by Gasteiger charge is -2.26. The molecule has 3 aliphatic heterocycles. The number of fused-ring (bicyclic) bond motifs is 1. The summed E-state index contributed by atoms with van der Waals surface area (Å²) in [5.41, 5.74) is 3.03. The Morgan fingerprint density at radius 2 is 2.14 bits per heavy atom. The Kier molecular flexibility index (Phi) is 6.85. The SMILES string of the molecule is O=C(Cc1cccc(OCCN2CCNCC2)c1)N(c1nc(C2=CNC3N=CC=CC23)cs1)C1CC1. The molecule has 4 heterocycles. The second-order valence-electron chi connectivity index (χ2n) is 9.69. The molecule has 1 aromatic carbocycles. The molecule has 188 valence electrons. The van der Waals surface area contributed by atoms with E-state index in [1.807, 2.05) is 47.7 Å². The van der Waals surface area contributed by atoms with Crippen molar-refractivity contribution in [2.75, 3.05) is 44.2 Å². The van der Waals surface area contributed by atoms with Crippen LogP contribution in [0.3, 0.4) is 0 Å². The van der Waals surface area contributed by atoms with Crippen LogP contribution in [0.15, 0.2) is 53.0 Å². The first-order valence-corrected chi connectivity index (χ1v) is 13.7. The molecule has 0 spiro atoms. The fraction of sp³-hybridized carbons (Fsp3) is 0.444. The van der Waals surface area contributed by atoms with Gasteiger partial charge in [0.05, 0.1) is 12.1 Å². The van der Waals surface area contributed by atoms with Crippen molar-refractivity contribution in [3.8, 4) is 5.75 Å². The molecule has 9 heteroatoms.